The van der Waals surface area contributed by atoms with Crippen LogP contribution in [-0.2, 0) is 9.59 Å². The lowest BCUT2D eigenvalue weighted by atomic mass is 10.1. The molecule has 1 heterocycles. The molecule has 0 bridgehead atoms. The van der Waals surface area contributed by atoms with E-state index in [1.807, 2.05) is 36.9 Å². The number of carbonyl (C=O) groups excluding carboxylic acids is 2. The molecule has 1 fully saturated rings. The van der Waals surface area contributed by atoms with Gasteiger partial charge in [-0.15, -0.1) is 0 Å². The van der Waals surface area contributed by atoms with Crippen molar-refractivity contribution in [2.24, 2.45) is 0 Å². The van der Waals surface area contributed by atoms with Crippen LogP contribution in [0.4, 0.5) is 15.9 Å². The zero-order valence-electron chi connectivity index (χ0n) is 16.2. The van der Waals surface area contributed by atoms with Crippen LogP contribution < -0.4 is 10.6 Å². The fourth-order valence-corrected chi connectivity index (χ4v) is 2.98. The maximum atomic E-state index is 12.9. The van der Waals surface area contributed by atoms with Crippen LogP contribution in [0.2, 0.25) is 0 Å². The Morgan fingerprint density at radius 1 is 1.14 bits per heavy atom. The van der Waals surface area contributed by atoms with Crippen molar-refractivity contribution in [3.05, 3.63) is 53.5 Å². The number of pyridine rings is 1. The molecule has 0 saturated heterocycles. The van der Waals surface area contributed by atoms with Gasteiger partial charge in [0.15, 0.2) is 0 Å². The van der Waals surface area contributed by atoms with E-state index in [2.05, 4.69) is 15.6 Å². The number of aryl methyl sites for hydroxylation is 2. The number of rotatable bonds is 8. The number of nitrogens with one attached hydrogen (secondary N) is 2. The number of anilines is 2. The van der Waals surface area contributed by atoms with E-state index in [0.717, 1.165) is 35.9 Å². The second kappa shape index (κ2) is 8.93. The Morgan fingerprint density at radius 3 is 2.61 bits per heavy atom. The number of halogens is 1. The smallest absolute Gasteiger partial charge is 0.238 e. The van der Waals surface area contributed by atoms with Crippen LogP contribution in [0, 0.1) is 19.7 Å². The second-order valence-corrected chi connectivity index (χ2v) is 7.23. The molecule has 0 spiro atoms. The minimum absolute atomic E-state index is 0.0822. The van der Waals surface area contributed by atoms with Gasteiger partial charge in [0.1, 0.15) is 11.6 Å². The van der Waals surface area contributed by atoms with E-state index in [0.29, 0.717) is 18.4 Å². The van der Waals surface area contributed by atoms with E-state index in [9.17, 15) is 14.0 Å². The van der Waals surface area contributed by atoms with Gasteiger partial charge in [0.25, 0.3) is 0 Å². The normalized spacial score (nSPS) is 13.4. The van der Waals surface area contributed by atoms with Crippen molar-refractivity contribution in [2.45, 2.75) is 39.2 Å². The third-order valence-corrected chi connectivity index (χ3v) is 4.70. The molecular formula is C21H25FN4O2. The van der Waals surface area contributed by atoms with Crippen LogP contribution in [0.3, 0.4) is 0 Å². The number of benzene rings is 1. The summed E-state index contributed by atoms with van der Waals surface area (Å²) in [5, 5.41) is 5.62. The minimum Gasteiger partial charge on any atom is -0.325 e. The lowest BCUT2D eigenvalue weighted by molar-refractivity contribution is -0.119. The Morgan fingerprint density at radius 2 is 1.93 bits per heavy atom. The van der Waals surface area contributed by atoms with Crippen LogP contribution in [0.25, 0.3) is 0 Å². The predicted octanol–water partition coefficient (Wildman–Crippen LogP) is 3.27. The summed E-state index contributed by atoms with van der Waals surface area (Å²) in [7, 11) is 0. The lowest BCUT2D eigenvalue weighted by Crippen LogP contribution is -2.37. The number of hydrogen-bond acceptors (Lipinski definition) is 4. The largest absolute Gasteiger partial charge is 0.325 e. The summed E-state index contributed by atoms with van der Waals surface area (Å²) in [6.07, 6.45) is 3.38. The lowest BCUT2D eigenvalue weighted by Gasteiger charge is -2.21. The Kier molecular flexibility index (Phi) is 6.36. The molecule has 1 aromatic carbocycles. The second-order valence-electron chi connectivity index (χ2n) is 7.23. The number of amides is 2. The van der Waals surface area contributed by atoms with Crippen LogP contribution in [-0.4, -0.2) is 40.8 Å². The molecule has 28 heavy (non-hydrogen) atoms. The van der Waals surface area contributed by atoms with Crippen LogP contribution in [0.1, 0.15) is 30.4 Å². The molecular weight excluding hydrogens is 359 g/mol. The molecule has 0 unspecified atom stereocenters. The summed E-state index contributed by atoms with van der Waals surface area (Å²) in [6, 6.07) is 8.96. The molecule has 1 aliphatic rings. The molecule has 1 saturated carbocycles. The summed E-state index contributed by atoms with van der Waals surface area (Å²) in [5.41, 5.74) is 2.93. The first-order chi connectivity index (χ1) is 13.4. The molecule has 2 aromatic rings. The Bertz CT molecular complexity index is 850. The summed E-state index contributed by atoms with van der Waals surface area (Å²) in [5.74, 6) is -0.425. The number of aromatic nitrogens is 1. The van der Waals surface area contributed by atoms with Gasteiger partial charge in [-0.05, 0) is 56.0 Å². The van der Waals surface area contributed by atoms with Crippen molar-refractivity contribution in [1.29, 1.82) is 0 Å². The molecule has 7 heteroatoms. The van der Waals surface area contributed by atoms with Gasteiger partial charge in [0.05, 0.1) is 12.7 Å². The van der Waals surface area contributed by atoms with Crippen LogP contribution >= 0.6 is 0 Å². The average Bonchev–Trinajstić information content (AvgIpc) is 3.49. The third kappa shape index (κ3) is 5.85. The zero-order valence-corrected chi connectivity index (χ0v) is 16.2. The maximum absolute atomic E-state index is 12.9. The number of nitrogens with zero attached hydrogens (tertiary/aromatic N) is 2. The highest BCUT2D eigenvalue weighted by atomic mass is 19.1. The van der Waals surface area contributed by atoms with Crippen molar-refractivity contribution < 1.29 is 14.0 Å². The first kappa shape index (κ1) is 19.9. The van der Waals surface area contributed by atoms with Gasteiger partial charge in [0.2, 0.25) is 11.8 Å². The Labute approximate surface area is 164 Å². The molecule has 1 aliphatic carbocycles. The Hall–Kier alpha value is -2.80. The van der Waals surface area contributed by atoms with Crippen LogP contribution in [0.15, 0.2) is 36.5 Å². The Balaban J connectivity index is 1.50. The fraction of sp³-hybridized carbons (Fsp3) is 0.381. The summed E-state index contributed by atoms with van der Waals surface area (Å²) >= 11 is 0. The van der Waals surface area contributed by atoms with Crippen molar-refractivity contribution in [2.75, 3.05) is 23.7 Å². The fourth-order valence-electron chi connectivity index (χ4n) is 2.98. The first-order valence-electron chi connectivity index (χ1n) is 9.43. The average molecular weight is 384 g/mol. The molecule has 0 aliphatic heterocycles. The number of carbonyl (C=O) groups is 2. The monoisotopic (exact) mass is 384 g/mol. The molecule has 6 nitrogen and oxygen atoms in total. The van der Waals surface area contributed by atoms with Gasteiger partial charge in [-0.1, -0.05) is 12.1 Å². The molecule has 3 rings (SSSR count). The van der Waals surface area contributed by atoms with Gasteiger partial charge in [-0.25, -0.2) is 9.37 Å². The quantitative estimate of drug-likeness (QED) is 0.733. The van der Waals surface area contributed by atoms with Crippen LogP contribution in [0.5, 0.6) is 0 Å². The van der Waals surface area contributed by atoms with E-state index in [1.54, 1.807) is 0 Å². The standard InChI is InChI=1S/C21H25FN4O2/c1-14-3-4-15(2)18(11-14)24-21(28)13-26(17-6-7-17)10-9-20(27)25-19-8-5-16(22)12-23-19/h3-5,8,11-12,17H,6-7,9-10,13H2,1-2H3,(H,24,28)(H,23,25,27). The van der Waals surface area contributed by atoms with E-state index in [1.165, 1.54) is 12.1 Å². The number of hydrogen-bond donors (Lipinski definition) is 2. The van der Waals surface area contributed by atoms with Gasteiger partial charge in [-0.3, -0.25) is 14.5 Å². The van der Waals surface area contributed by atoms with Crippen molar-refractivity contribution in [1.82, 2.24) is 9.88 Å². The van der Waals surface area contributed by atoms with E-state index < -0.39 is 5.82 Å². The summed E-state index contributed by atoms with van der Waals surface area (Å²) in [4.78, 5) is 30.5. The van der Waals surface area contributed by atoms with E-state index in [-0.39, 0.29) is 24.8 Å². The van der Waals surface area contributed by atoms with Crippen molar-refractivity contribution in [3.63, 3.8) is 0 Å². The first-order valence-corrected chi connectivity index (χ1v) is 9.43. The highest BCUT2D eigenvalue weighted by Gasteiger charge is 2.30. The van der Waals surface area contributed by atoms with Gasteiger partial charge < -0.3 is 10.6 Å². The summed E-state index contributed by atoms with van der Waals surface area (Å²) in [6.45, 7) is 4.68. The van der Waals surface area contributed by atoms with Gasteiger partial charge in [0, 0.05) is 24.7 Å². The zero-order chi connectivity index (χ0) is 20.1. The third-order valence-electron chi connectivity index (χ3n) is 4.70. The highest BCUT2D eigenvalue weighted by molar-refractivity contribution is 5.93. The predicted molar refractivity (Wildman–Crippen MR) is 107 cm³/mol. The summed E-state index contributed by atoms with van der Waals surface area (Å²) < 4.78 is 12.9. The van der Waals surface area contributed by atoms with Crippen molar-refractivity contribution >= 4 is 23.3 Å². The molecule has 0 atom stereocenters. The molecule has 0 radical (unpaired) electrons. The topological polar surface area (TPSA) is 74.3 Å². The van der Waals surface area contributed by atoms with E-state index >= 15 is 0 Å². The SMILES string of the molecule is Cc1ccc(C)c(NC(=O)CN(CCC(=O)Nc2ccc(F)cn2)C2CC2)c1. The highest BCUT2D eigenvalue weighted by Crippen LogP contribution is 2.27. The van der Waals surface area contributed by atoms with Crippen molar-refractivity contribution in [3.8, 4) is 0 Å². The van der Waals surface area contributed by atoms with E-state index in [4.69, 9.17) is 0 Å². The molecule has 148 valence electrons. The molecule has 1 aromatic heterocycles. The van der Waals surface area contributed by atoms with Gasteiger partial charge >= 0.3 is 0 Å². The minimum atomic E-state index is -0.451. The van der Waals surface area contributed by atoms with Gasteiger partial charge in [-0.2, -0.15) is 0 Å². The molecule has 2 N–H and O–H groups in total. The molecule has 2 amide bonds. The maximum Gasteiger partial charge on any atom is 0.238 e.